The Bertz CT molecular complexity index is 813. The van der Waals surface area contributed by atoms with Crippen molar-refractivity contribution in [2.75, 3.05) is 14.2 Å². The van der Waals surface area contributed by atoms with E-state index in [4.69, 9.17) is 4.74 Å². The van der Waals surface area contributed by atoms with E-state index < -0.39 is 0 Å². The normalized spacial score (nSPS) is 10.6. The largest absolute Gasteiger partial charge is 0.497 e. The van der Waals surface area contributed by atoms with Gasteiger partial charge in [-0.15, -0.1) is 0 Å². The second-order valence-corrected chi connectivity index (χ2v) is 6.05. The van der Waals surface area contributed by atoms with Gasteiger partial charge in [-0.1, -0.05) is 18.2 Å². The van der Waals surface area contributed by atoms with Crippen LogP contribution in [0.3, 0.4) is 0 Å². The number of hydrazone groups is 1. The molecule has 1 amide bonds. The van der Waals surface area contributed by atoms with Gasteiger partial charge in [0.2, 0.25) is 5.91 Å². The van der Waals surface area contributed by atoms with E-state index in [1.165, 1.54) is 18.9 Å². The third-order valence-corrected chi connectivity index (χ3v) is 4.13. The molecular formula is C21H24N2O4. The molecule has 0 aromatic heterocycles. The van der Waals surface area contributed by atoms with Crippen LogP contribution in [0.4, 0.5) is 0 Å². The monoisotopic (exact) mass is 368 g/mol. The maximum atomic E-state index is 11.9. The number of esters is 1. The Labute approximate surface area is 159 Å². The highest BCUT2D eigenvalue weighted by atomic mass is 16.5. The fourth-order valence-corrected chi connectivity index (χ4v) is 2.57. The number of nitrogens with one attached hydrogen (secondary N) is 1. The molecule has 2 aromatic rings. The van der Waals surface area contributed by atoms with E-state index in [-0.39, 0.29) is 11.9 Å². The third kappa shape index (κ3) is 6.26. The van der Waals surface area contributed by atoms with Crippen LogP contribution in [-0.4, -0.2) is 32.3 Å². The van der Waals surface area contributed by atoms with Crippen molar-refractivity contribution in [2.45, 2.75) is 26.2 Å². The topological polar surface area (TPSA) is 77.0 Å². The highest BCUT2D eigenvalue weighted by molar-refractivity contribution is 5.90. The molecular weight excluding hydrogens is 344 g/mol. The number of ether oxygens (including phenoxy) is 2. The van der Waals surface area contributed by atoms with Crippen molar-refractivity contribution in [1.82, 2.24) is 5.43 Å². The molecule has 0 bridgehead atoms. The zero-order valence-corrected chi connectivity index (χ0v) is 15.8. The molecule has 0 saturated carbocycles. The van der Waals surface area contributed by atoms with Crippen LogP contribution < -0.4 is 10.2 Å². The SMILES string of the molecule is COC(=O)c1ccc(/C=N\NC(=O)CCCc2ccc(OC)cc2C)cc1. The number of carbonyl (C=O) groups is 2. The van der Waals surface area contributed by atoms with Crippen LogP contribution in [-0.2, 0) is 16.0 Å². The molecule has 0 aliphatic rings. The molecule has 0 unspecified atom stereocenters. The van der Waals surface area contributed by atoms with Crippen molar-refractivity contribution < 1.29 is 19.1 Å². The maximum Gasteiger partial charge on any atom is 0.337 e. The van der Waals surface area contributed by atoms with Gasteiger partial charge in [-0.2, -0.15) is 5.10 Å². The summed E-state index contributed by atoms with van der Waals surface area (Å²) in [6, 6.07) is 12.7. The number of rotatable bonds is 8. The van der Waals surface area contributed by atoms with E-state index >= 15 is 0 Å². The van der Waals surface area contributed by atoms with E-state index in [0.29, 0.717) is 12.0 Å². The molecule has 0 spiro atoms. The first-order chi connectivity index (χ1) is 13.0. The Morgan fingerprint density at radius 1 is 1.11 bits per heavy atom. The highest BCUT2D eigenvalue weighted by Gasteiger charge is 2.05. The summed E-state index contributed by atoms with van der Waals surface area (Å²) in [5.74, 6) is 0.311. The van der Waals surface area contributed by atoms with E-state index in [9.17, 15) is 9.59 Å². The van der Waals surface area contributed by atoms with Crippen LogP contribution in [0.1, 0.15) is 39.9 Å². The van der Waals surface area contributed by atoms with Crippen LogP contribution in [0, 0.1) is 6.92 Å². The van der Waals surface area contributed by atoms with Gasteiger partial charge >= 0.3 is 5.97 Å². The summed E-state index contributed by atoms with van der Waals surface area (Å²) in [5, 5.41) is 3.94. The van der Waals surface area contributed by atoms with Gasteiger partial charge in [-0.25, -0.2) is 10.2 Å². The number of amides is 1. The summed E-state index contributed by atoms with van der Waals surface area (Å²) in [6.45, 7) is 2.04. The zero-order valence-electron chi connectivity index (χ0n) is 15.8. The molecule has 0 heterocycles. The summed E-state index contributed by atoms with van der Waals surface area (Å²) >= 11 is 0. The van der Waals surface area contributed by atoms with E-state index in [1.807, 2.05) is 25.1 Å². The number of methoxy groups -OCH3 is 2. The molecule has 0 fully saturated rings. The van der Waals surface area contributed by atoms with Crippen LogP contribution in [0.5, 0.6) is 5.75 Å². The van der Waals surface area contributed by atoms with Crippen molar-refractivity contribution in [3.63, 3.8) is 0 Å². The Balaban J connectivity index is 1.76. The van der Waals surface area contributed by atoms with E-state index in [2.05, 4.69) is 15.3 Å². The minimum absolute atomic E-state index is 0.136. The molecule has 0 saturated heterocycles. The number of nitrogens with zero attached hydrogens (tertiary/aromatic N) is 1. The average Bonchev–Trinajstić information content (AvgIpc) is 2.69. The summed E-state index contributed by atoms with van der Waals surface area (Å²) in [4.78, 5) is 23.2. The zero-order chi connectivity index (χ0) is 19.6. The Kier molecular flexibility index (Phi) is 7.55. The lowest BCUT2D eigenvalue weighted by Crippen LogP contribution is -2.17. The summed E-state index contributed by atoms with van der Waals surface area (Å²) < 4.78 is 9.84. The molecule has 0 radical (unpaired) electrons. The van der Waals surface area contributed by atoms with Gasteiger partial charge in [-0.3, -0.25) is 4.79 Å². The van der Waals surface area contributed by atoms with Gasteiger partial charge in [0.05, 0.1) is 26.0 Å². The average molecular weight is 368 g/mol. The summed E-state index contributed by atoms with van der Waals surface area (Å²) in [6.07, 6.45) is 3.49. The van der Waals surface area contributed by atoms with Crippen molar-refractivity contribution in [3.05, 3.63) is 64.7 Å². The van der Waals surface area contributed by atoms with E-state index in [0.717, 1.165) is 29.7 Å². The van der Waals surface area contributed by atoms with Gasteiger partial charge in [0, 0.05) is 6.42 Å². The molecule has 0 atom stereocenters. The first-order valence-corrected chi connectivity index (χ1v) is 8.67. The van der Waals surface area contributed by atoms with Gasteiger partial charge in [0.25, 0.3) is 0 Å². The first kappa shape index (κ1) is 20.2. The molecule has 2 rings (SSSR count). The van der Waals surface area contributed by atoms with Gasteiger partial charge < -0.3 is 9.47 Å². The third-order valence-electron chi connectivity index (χ3n) is 4.13. The Hall–Kier alpha value is -3.15. The smallest absolute Gasteiger partial charge is 0.337 e. The fraction of sp³-hybridized carbons (Fsp3) is 0.286. The molecule has 6 nitrogen and oxygen atoms in total. The lowest BCUT2D eigenvalue weighted by molar-refractivity contribution is -0.121. The lowest BCUT2D eigenvalue weighted by Gasteiger charge is -2.07. The lowest BCUT2D eigenvalue weighted by atomic mass is 10.0. The number of carbonyl (C=O) groups excluding carboxylic acids is 2. The number of aryl methyl sites for hydroxylation is 2. The molecule has 27 heavy (non-hydrogen) atoms. The van der Waals surface area contributed by atoms with Crippen molar-refractivity contribution in [3.8, 4) is 5.75 Å². The van der Waals surface area contributed by atoms with Crippen molar-refractivity contribution >= 4 is 18.1 Å². The predicted octanol–water partition coefficient (Wildman–Crippen LogP) is 3.26. The van der Waals surface area contributed by atoms with Gasteiger partial charge in [0.1, 0.15) is 5.75 Å². The number of hydrogen-bond donors (Lipinski definition) is 1. The molecule has 142 valence electrons. The first-order valence-electron chi connectivity index (χ1n) is 8.67. The van der Waals surface area contributed by atoms with E-state index in [1.54, 1.807) is 31.4 Å². The number of benzene rings is 2. The second kappa shape index (κ2) is 10.1. The van der Waals surface area contributed by atoms with Gasteiger partial charge in [0.15, 0.2) is 0 Å². The Morgan fingerprint density at radius 3 is 2.48 bits per heavy atom. The standard InChI is InChI=1S/C21H24N2O4/c1-15-13-19(26-2)12-11-17(15)5-4-6-20(24)23-22-14-16-7-9-18(10-8-16)21(25)27-3/h7-14H,4-6H2,1-3H3,(H,23,24)/b22-14-. The summed E-state index contributed by atoms with van der Waals surface area (Å²) in [7, 11) is 2.98. The minimum Gasteiger partial charge on any atom is -0.497 e. The molecule has 0 aliphatic heterocycles. The molecule has 2 aromatic carbocycles. The molecule has 1 N–H and O–H groups in total. The quantitative estimate of drug-likeness (QED) is 0.441. The van der Waals surface area contributed by atoms with Crippen LogP contribution >= 0.6 is 0 Å². The van der Waals surface area contributed by atoms with Gasteiger partial charge in [-0.05, 0) is 60.7 Å². The fourth-order valence-electron chi connectivity index (χ4n) is 2.57. The molecule has 0 aliphatic carbocycles. The predicted molar refractivity (Wildman–Crippen MR) is 104 cm³/mol. The second-order valence-electron chi connectivity index (χ2n) is 6.05. The van der Waals surface area contributed by atoms with Crippen LogP contribution in [0.25, 0.3) is 0 Å². The summed E-state index contributed by atoms with van der Waals surface area (Å²) in [5.41, 5.74) is 6.12. The highest BCUT2D eigenvalue weighted by Crippen LogP contribution is 2.18. The Morgan fingerprint density at radius 2 is 1.85 bits per heavy atom. The maximum absolute atomic E-state index is 11.9. The number of hydrogen-bond acceptors (Lipinski definition) is 5. The van der Waals surface area contributed by atoms with Crippen LogP contribution in [0.15, 0.2) is 47.6 Å². The van der Waals surface area contributed by atoms with Crippen molar-refractivity contribution in [1.29, 1.82) is 0 Å². The minimum atomic E-state index is -0.390. The van der Waals surface area contributed by atoms with Crippen LogP contribution in [0.2, 0.25) is 0 Å². The molecule has 6 heteroatoms. The van der Waals surface area contributed by atoms with Crippen molar-refractivity contribution in [2.24, 2.45) is 5.10 Å².